The molecule has 1 amide bonds. The first-order valence-electron chi connectivity index (χ1n) is 5.41. The third-order valence-corrected chi connectivity index (χ3v) is 3.30. The maximum absolute atomic E-state index is 12.0. The summed E-state index contributed by atoms with van der Waals surface area (Å²) in [6.45, 7) is 0. The fraction of sp³-hybridized carbons (Fsp3) is 0.0833. The quantitative estimate of drug-likeness (QED) is 0.849. The highest BCUT2D eigenvalue weighted by atomic mass is 35.5. The maximum atomic E-state index is 12.0. The summed E-state index contributed by atoms with van der Waals surface area (Å²) in [5.74, 6) is -1.06. The van der Waals surface area contributed by atoms with E-state index in [-0.39, 0.29) is 16.9 Å². The van der Waals surface area contributed by atoms with Crippen LogP contribution in [0.2, 0.25) is 5.02 Å². The van der Waals surface area contributed by atoms with Gasteiger partial charge in [0.2, 0.25) is 0 Å². The molecule has 0 saturated carbocycles. The molecule has 0 radical (unpaired) electrons. The zero-order valence-corrected chi connectivity index (χ0v) is 11.9. The zero-order valence-electron chi connectivity index (χ0n) is 10.3. The minimum Gasteiger partial charge on any atom is -0.465 e. The highest BCUT2D eigenvalue weighted by Gasteiger charge is 2.16. The number of halogens is 1. The Labute approximate surface area is 123 Å². The third-order valence-electron chi connectivity index (χ3n) is 2.39. The van der Waals surface area contributed by atoms with Crippen LogP contribution in [0.4, 0.5) is 10.8 Å². The van der Waals surface area contributed by atoms with Gasteiger partial charge in [-0.05, 0) is 18.2 Å². The molecule has 2 rings (SSSR count). The SMILES string of the molecule is COC(=O)c1cc(Cl)ccc1NC(=O)c1csc(N)n1. The van der Waals surface area contributed by atoms with Crippen LogP contribution in [0.25, 0.3) is 0 Å². The molecule has 0 aliphatic rings. The van der Waals surface area contributed by atoms with Gasteiger partial charge in [0, 0.05) is 10.4 Å². The fourth-order valence-corrected chi connectivity index (χ4v) is 2.20. The van der Waals surface area contributed by atoms with E-state index in [1.54, 1.807) is 6.07 Å². The molecular formula is C12H10ClN3O3S. The Morgan fingerprint density at radius 1 is 1.45 bits per heavy atom. The third kappa shape index (κ3) is 3.06. The molecule has 1 aromatic heterocycles. The maximum Gasteiger partial charge on any atom is 0.340 e. The number of thiazole rings is 1. The Hall–Kier alpha value is -2.12. The van der Waals surface area contributed by atoms with E-state index in [0.29, 0.717) is 10.2 Å². The van der Waals surface area contributed by atoms with Gasteiger partial charge in [0.05, 0.1) is 18.4 Å². The number of rotatable bonds is 3. The number of esters is 1. The molecule has 8 heteroatoms. The van der Waals surface area contributed by atoms with E-state index in [4.69, 9.17) is 17.3 Å². The van der Waals surface area contributed by atoms with Crippen molar-refractivity contribution in [2.45, 2.75) is 0 Å². The monoisotopic (exact) mass is 311 g/mol. The summed E-state index contributed by atoms with van der Waals surface area (Å²) in [4.78, 5) is 27.5. The molecule has 2 aromatic rings. The minimum atomic E-state index is -0.597. The second-order valence-electron chi connectivity index (χ2n) is 3.71. The van der Waals surface area contributed by atoms with Crippen molar-refractivity contribution in [3.05, 3.63) is 39.9 Å². The van der Waals surface area contributed by atoms with Crippen molar-refractivity contribution in [2.24, 2.45) is 0 Å². The number of nitrogen functional groups attached to an aromatic ring is 1. The van der Waals surface area contributed by atoms with Crippen LogP contribution in [0, 0.1) is 0 Å². The number of benzene rings is 1. The molecule has 0 atom stereocenters. The Balaban J connectivity index is 2.29. The van der Waals surface area contributed by atoms with E-state index in [0.717, 1.165) is 11.3 Å². The molecule has 0 aliphatic carbocycles. The molecule has 104 valence electrons. The summed E-state index contributed by atoms with van der Waals surface area (Å²) >= 11 is 6.98. The summed E-state index contributed by atoms with van der Waals surface area (Å²) in [7, 11) is 1.25. The van der Waals surface area contributed by atoms with Crippen molar-refractivity contribution >= 4 is 45.6 Å². The molecule has 3 N–H and O–H groups in total. The molecule has 20 heavy (non-hydrogen) atoms. The van der Waals surface area contributed by atoms with Gasteiger partial charge < -0.3 is 15.8 Å². The molecule has 0 aliphatic heterocycles. The van der Waals surface area contributed by atoms with Crippen LogP contribution in [0.15, 0.2) is 23.6 Å². The Bertz CT molecular complexity index is 672. The molecule has 6 nitrogen and oxygen atoms in total. The standard InChI is InChI=1S/C12H10ClN3O3S/c1-19-11(18)7-4-6(13)2-3-8(7)15-10(17)9-5-20-12(14)16-9/h2-5H,1H3,(H2,14,16)(H,15,17). The number of anilines is 2. The first kappa shape index (κ1) is 14.3. The molecule has 0 fully saturated rings. The van der Waals surface area contributed by atoms with Crippen molar-refractivity contribution in [1.29, 1.82) is 0 Å². The van der Waals surface area contributed by atoms with E-state index < -0.39 is 11.9 Å². The van der Waals surface area contributed by atoms with Gasteiger partial charge in [0.15, 0.2) is 5.13 Å². The summed E-state index contributed by atoms with van der Waals surface area (Å²) in [6, 6.07) is 4.49. The number of amides is 1. The lowest BCUT2D eigenvalue weighted by Gasteiger charge is -2.09. The van der Waals surface area contributed by atoms with Gasteiger partial charge in [-0.3, -0.25) is 4.79 Å². The Morgan fingerprint density at radius 3 is 2.80 bits per heavy atom. The smallest absolute Gasteiger partial charge is 0.340 e. The average Bonchev–Trinajstić information content (AvgIpc) is 2.86. The van der Waals surface area contributed by atoms with Gasteiger partial charge in [-0.25, -0.2) is 9.78 Å². The predicted molar refractivity (Wildman–Crippen MR) is 77.3 cm³/mol. The highest BCUT2D eigenvalue weighted by Crippen LogP contribution is 2.22. The van der Waals surface area contributed by atoms with E-state index >= 15 is 0 Å². The zero-order chi connectivity index (χ0) is 14.7. The minimum absolute atomic E-state index is 0.163. The largest absolute Gasteiger partial charge is 0.465 e. The van der Waals surface area contributed by atoms with Crippen LogP contribution >= 0.6 is 22.9 Å². The first-order valence-corrected chi connectivity index (χ1v) is 6.67. The Morgan fingerprint density at radius 2 is 2.20 bits per heavy atom. The van der Waals surface area contributed by atoms with Crippen molar-refractivity contribution in [3.8, 4) is 0 Å². The van der Waals surface area contributed by atoms with Crippen LogP contribution < -0.4 is 11.1 Å². The summed E-state index contributed by atoms with van der Waals surface area (Å²) in [5, 5.41) is 4.75. The fourth-order valence-electron chi connectivity index (χ4n) is 1.48. The van der Waals surface area contributed by atoms with Gasteiger partial charge in [0.1, 0.15) is 5.69 Å². The van der Waals surface area contributed by atoms with Crippen LogP contribution in [0.3, 0.4) is 0 Å². The summed E-state index contributed by atoms with van der Waals surface area (Å²) < 4.78 is 4.64. The van der Waals surface area contributed by atoms with Crippen molar-refractivity contribution < 1.29 is 14.3 Å². The van der Waals surface area contributed by atoms with E-state index in [2.05, 4.69) is 15.0 Å². The summed E-state index contributed by atoms with van der Waals surface area (Å²) in [5.41, 5.74) is 6.10. The van der Waals surface area contributed by atoms with E-state index in [9.17, 15) is 9.59 Å². The van der Waals surface area contributed by atoms with Crippen LogP contribution in [0.5, 0.6) is 0 Å². The lowest BCUT2D eigenvalue weighted by molar-refractivity contribution is 0.0602. The van der Waals surface area contributed by atoms with Crippen LogP contribution in [0.1, 0.15) is 20.8 Å². The predicted octanol–water partition coefficient (Wildman–Crippen LogP) is 2.42. The van der Waals surface area contributed by atoms with Gasteiger partial charge in [0.25, 0.3) is 5.91 Å². The number of carbonyl (C=O) groups is 2. The van der Waals surface area contributed by atoms with Crippen molar-refractivity contribution in [2.75, 3.05) is 18.2 Å². The second-order valence-corrected chi connectivity index (χ2v) is 5.03. The Kier molecular flexibility index (Phi) is 4.21. The number of nitrogens with two attached hydrogens (primary N) is 1. The van der Waals surface area contributed by atoms with Crippen LogP contribution in [-0.4, -0.2) is 24.0 Å². The van der Waals surface area contributed by atoms with E-state index in [1.807, 2.05) is 0 Å². The average molecular weight is 312 g/mol. The summed E-state index contributed by atoms with van der Waals surface area (Å²) in [6.07, 6.45) is 0. The molecule has 0 bridgehead atoms. The van der Waals surface area contributed by atoms with E-state index in [1.165, 1.54) is 24.6 Å². The number of hydrogen-bond donors (Lipinski definition) is 2. The van der Waals surface area contributed by atoms with Gasteiger partial charge in [-0.1, -0.05) is 11.6 Å². The lowest BCUT2D eigenvalue weighted by Crippen LogP contribution is -2.15. The molecular weight excluding hydrogens is 302 g/mol. The second kappa shape index (κ2) is 5.89. The van der Waals surface area contributed by atoms with Crippen molar-refractivity contribution in [3.63, 3.8) is 0 Å². The molecule has 0 unspecified atom stereocenters. The molecule has 0 spiro atoms. The molecule has 1 heterocycles. The number of nitrogens with zero attached hydrogens (tertiary/aromatic N) is 1. The van der Waals surface area contributed by atoms with Gasteiger partial charge >= 0.3 is 5.97 Å². The molecule has 0 saturated heterocycles. The van der Waals surface area contributed by atoms with Gasteiger partial charge in [-0.15, -0.1) is 11.3 Å². The number of hydrogen-bond acceptors (Lipinski definition) is 6. The number of ether oxygens (including phenoxy) is 1. The number of aromatic nitrogens is 1. The lowest BCUT2D eigenvalue weighted by atomic mass is 10.1. The normalized spacial score (nSPS) is 10.1. The van der Waals surface area contributed by atoms with Gasteiger partial charge in [-0.2, -0.15) is 0 Å². The number of methoxy groups -OCH3 is 1. The molecule has 1 aromatic carbocycles. The number of carbonyl (C=O) groups excluding carboxylic acids is 2. The highest BCUT2D eigenvalue weighted by molar-refractivity contribution is 7.13. The van der Waals surface area contributed by atoms with Crippen molar-refractivity contribution in [1.82, 2.24) is 4.98 Å². The van der Waals surface area contributed by atoms with Crippen LogP contribution in [-0.2, 0) is 4.74 Å². The first-order chi connectivity index (χ1) is 9.51. The number of nitrogens with one attached hydrogen (secondary N) is 1. The topological polar surface area (TPSA) is 94.3 Å².